The fraction of sp³-hybridized carbons (Fsp3) is 0.417. The first-order chi connectivity index (χ1) is 15.8. The van der Waals surface area contributed by atoms with Crippen LogP contribution in [-0.4, -0.2) is 51.9 Å². The summed E-state index contributed by atoms with van der Waals surface area (Å²) < 4.78 is 13.1. The number of nitrogens with one attached hydrogen (secondary N) is 1. The first-order valence-electron chi connectivity index (χ1n) is 11.1. The molecule has 3 aromatic rings. The standard InChI is InChI=1S/C24H29N5O4/c1-24(2,3)33-23(31)28-12-5-9-21(30)25-11-6-14-32-18-8-4-7-17(15-18)19-16-26-29-13-10-20(28)27-22(19)29/h4,7-8,10,13,15-16H,5-6,9,11-12,14H2,1-3H3,(H,25,30). The van der Waals surface area contributed by atoms with Crippen molar-refractivity contribution < 1.29 is 19.1 Å². The maximum Gasteiger partial charge on any atom is 0.416 e. The van der Waals surface area contributed by atoms with Gasteiger partial charge in [0.1, 0.15) is 17.2 Å². The number of rotatable bonds is 0. The molecule has 4 bridgehead atoms. The molecule has 33 heavy (non-hydrogen) atoms. The average Bonchev–Trinajstić information content (AvgIpc) is 3.18. The molecule has 0 saturated carbocycles. The van der Waals surface area contributed by atoms with Gasteiger partial charge in [0, 0.05) is 31.3 Å². The highest BCUT2D eigenvalue weighted by molar-refractivity contribution is 5.88. The third kappa shape index (κ3) is 5.60. The number of aromatic nitrogens is 3. The predicted octanol–water partition coefficient (Wildman–Crippen LogP) is 3.82. The molecule has 0 fully saturated rings. The monoisotopic (exact) mass is 451 g/mol. The Kier molecular flexibility index (Phi) is 6.48. The summed E-state index contributed by atoms with van der Waals surface area (Å²) in [5, 5.41) is 7.31. The van der Waals surface area contributed by atoms with Gasteiger partial charge in [0.25, 0.3) is 0 Å². The van der Waals surface area contributed by atoms with E-state index in [0.717, 1.165) is 16.9 Å². The summed E-state index contributed by atoms with van der Waals surface area (Å²) in [5.41, 5.74) is 1.69. The van der Waals surface area contributed by atoms with E-state index in [-0.39, 0.29) is 5.91 Å². The maximum atomic E-state index is 13.0. The zero-order valence-electron chi connectivity index (χ0n) is 19.2. The first kappa shape index (κ1) is 22.6. The van der Waals surface area contributed by atoms with Gasteiger partial charge in [-0.25, -0.2) is 14.3 Å². The highest BCUT2D eigenvalue weighted by Gasteiger charge is 2.25. The van der Waals surface area contributed by atoms with Crippen molar-refractivity contribution in [1.29, 1.82) is 0 Å². The van der Waals surface area contributed by atoms with E-state index in [2.05, 4.69) is 10.4 Å². The maximum absolute atomic E-state index is 13.0. The van der Waals surface area contributed by atoms with Gasteiger partial charge in [0.2, 0.25) is 5.91 Å². The lowest BCUT2D eigenvalue weighted by Crippen LogP contribution is -2.38. The Morgan fingerprint density at radius 3 is 2.88 bits per heavy atom. The van der Waals surface area contributed by atoms with Crippen LogP contribution in [0.2, 0.25) is 0 Å². The van der Waals surface area contributed by atoms with E-state index >= 15 is 0 Å². The SMILES string of the molecule is CC(C)(C)OC(=O)N1CCCC(=O)NCCCOc2cccc(c2)-c2cnn3ccc1nc23. The van der Waals surface area contributed by atoms with E-state index in [0.29, 0.717) is 50.4 Å². The summed E-state index contributed by atoms with van der Waals surface area (Å²) in [6.45, 7) is 6.78. The third-order valence-electron chi connectivity index (χ3n) is 5.09. The molecule has 2 aromatic heterocycles. The van der Waals surface area contributed by atoms with Gasteiger partial charge >= 0.3 is 6.09 Å². The summed E-state index contributed by atoms with van der Waals surface area (Å²) in [6.07, 6.45) is 4.47. The number of anilines is 1. The van der Waals surface area contributed by atoms with E-state index in [1.165, 1.54) is 4.90 Å². The number of carbonyl (C=O) groups is 2. The number of hydrogen-bond acceptors (Lipinski definition) is 6. The van der Waals surface area contributed by atoms with E-state index < -0.39 is 11.7 Å². The van der Waals surface area contributed by atoms with E-state index in [1.807, 2.05) is 45.0 Å². The number of fused-ring (bicyclic) bond motifs is 4. The first-order valence-corrected chi connectivity index (χ1v) is 11.1. The molecule has 174 valence electrons. The minimum absolute atomic E-state index is 0.0630. The molecule has 0 unspecified atom stereocenters. The van der Waals surface area contributed by atoms with Crippen molar-refractivity contribution in [2.45, 2.75) is 45.6 Å². The second-order valence-corrected chi connectivity index (χ2v) is 8.93. The molecule has 0 aliphatic carbocycles. The lowest BCUT2D eigenvalue weighted by atomic mass is 10.1. The Morgan fingerprint density at radius 2 is 2.06 bits per heavy atom. The van der Waals surface area contributed by atoms with Crippen molar-refractivity contribution in [2.24, 2.45) is 0 Å². The lowest BCUT2D eigenvalue weighted by molar-refractivity contribution is -0.121. The van der Waals surface area contributed by atoms with Crippen LogP contribution in [0.3, 0.4) is 0 Å². The van der Waals surface area contributed by atoms with Gasteiger partial charge in [-0.2, -0.15) is 5.10 Å². The summed E-state index contributed by atoms with van der Waals surface area (Å²) in [4.78, 5) is 31.5. The predicted molar refractivity (Wildman–Crippen MR) is 124 cm³/mol. The molecule has 0 spiro atoms. The fourth-order valence-electron chi connectivity index (χ4n) is 3.56. The number of benzene rings is 1. The Hall–Kier alpha value is -3.62. The normalized spacial score (nSPS) is 15.6. The smallest absolute Gasteiger partial charge is 0.416 e. The Bertz CT molecular complexity index is 1150. The molecule has 1 aromatic carbocycles. The minimum Gasteiger partial charge on any atom is -0.494 e. The second kappa shape index (κ2) is 9.48. The number of amides is 2. The van der Waals surface area contributed by atoms with Crippen LogP contribution in [0.1, 0.15) is 40.0 Å². The van der Waals surface area contributed by atoms with E-state index in [9.17, 15) is 9.59 Å². The molecule has 2 amide bonds. The summed E-state index contributed by atoms with van der Waals surface area (Å²) in [6, 6.07) is 9.44. The summed E-state index contributed by atoms with van der Waals surface area (Å²) in [7, 11) is 0. The van der Waals surface area contributed by atoms with Crippen LogP contribution in [0.4, 0.5) is 10.6 Å². The van der Waals surface area contributed by atoms with Crippen molar-refractivity contribution in [1.82, 2.24) is 19.9 Å². The van der Waals surface area contributed by atoms with Crippen LogP contribution < -0.4 is 15.0 Å². The summed E-state index contributed by atoms with van der Waals surface area (Å²) >= 11 is 0. The van der Waals surface area contributed by atoms with Crippen molar-refractivity contribution in [3.63, 3.8) is 0 Å². The molecular weight excluding hydrogens is 422 g/mol. The number of carbonyl (C=O) groups excluding carboxylic acids is 2. The van der Waals surface area contributed by atoms with Crippen LogP contribution >= 0.6 is 0 Å². The fourth-order valence-corrected chi connectivity index (χ4v) is 3.56. The zero-order valence-corrected chi connectivity index (χ0v) is 19.2. The van der Waals surface area contributed by atoms with Crippen molar-refractivity contribution in [2.75, 3.05) is 24.6 Å². The van der Waals surface area contributed by atoms with Crippen LogP contribution in [0.25, 0.3) is 16.8 Å². The van der Waals surface area contributed by atoms with Crippen molar-refractivity contribution in [3.8, 4) is 16.9 Å². The Morgan fingerprint density at radius 1 is 1.21 bits per heavy atom. The molecule has 0 saturated heterocycles. The molecule has 1 aliphatic rings. The van der Waals surface area contributed by atoms with E-state index in [4.69, 9.17) is 14.5 Å². The van der Waals surface area contributed by atoms with Gasteiger partial charge in [0.05, 0.1) is 12.8 Å². The average molecular weight is 452 g/mol. The van der Waals surface area contributed by atoms with Crippen LogP contribution in [0.5, 0.6) is 5.75 Å². The van der Waals surface area contributed by atoms with Crippen molar-refractivity contribution in [3.05, 3.63) is 42.7 Å². The van der Waals surface area contributed by atoms with Gasteiger partial charge in [0.15, 0.2) is 5.65 Å². The van der Waals surface area contributed by atoms with Crippen molar-refractivity contribution >= 4 is 23.5 Å². The molecular formula is C24H29N5O4. The van der Waals surface area contributed by atoms with Gasteiger partial charge in [-0.05, 0) is 57.4 Å². The molecule has 0 atom stereocenters. The van der Waals surface area contributed by atoms with Gasteiger partial charge in [-0.1, -0.05) is 12.1 Å². The molecule has 3 heterocycles. The third-order valence-corrected chi connectivity index (χ3v) is 5.09. The molecule has 1 N–H and O–H groups in total. The second-order valence-electron chi connectivity index (χ2n) is 8.93. The molecule has 9 heteroatoms. The topological polar surface area (TPSA) is 98.1 Å². The number of ether oxygens (including phenoxy) is 2. The Labute approximate surface area is 192 Å². The summed E-state index contributed by atoms with van der Waals surface area (Å²) in [5.74, 6) is 1.11. The van der Waals surface area contributed by atoms with Gasteiger partial charge in [-0.15, -0.1) is 0 Å². The van der Waals surface area contributed by atoms with Crippen LogP contribution in [-0.2, 0) is 9.53 Å². The largest absolute Gasteiger partial charge is 0.494 e. The van der Waals surface area contributed by atoms with Crippen LogP contribution in [0, 0.1) is 0 Å². The van der Waals surface area contributed by atoms with Crippen LogP contribution in [0.15, 0.2) is 42.7 Å². The highest BCUT2D eigenvalue weighted by Crippen LogP contribution is 2.28. The molecule has 1 aliphatic heterocycles. The minimum atomic E-state index is -0.658. The van der Waals surface area contributed by atoms with Gasteiger partial charge in [-0.3, -0.25) is 9.69 Å². The number of hydrogen-bond donors (Lipinski definition) is 1. The number of nitrogens with zero attached hydrogens (tertiary/aromatic N) is 4. The lowest BCUT2D eigenvalue weighted by Gasteiger charge is -2.26. The van der Waals surface area contributed by atoms with Gasteiger partial charge < -0.3 is 14.8 Å². The highest BCUT2D eigenvalue weighted by atomic mass is 16.6. The molecule has 9 nitrogen and oxygen atoms in total. The molecule has 0 radical (unpaired) electrons. The van der Waals surface area contributed by atoms with E-state index in [1.54, 1.807) is 23.0 Å². The quantitative estimate of drug-likeness (QED) is 0.558. The Balaban J connectivity index is 1.75. The molecule has 4 rings (SSSR count). The zero-order chi connectivity index (χ0) is 23.4.